The lowest BCUT2D eigenvalue weighted by Gasteiger charge is -2.26. The second-order valence-corrected chi connectivity index (χ2v) is 6.89. The van der Waals surface area contributed by atoms with E-state index in [0.717, 1.165) is 47.9 Å². The maximum Gasteiger partial charge on any atom is 0.220 e. The van der Waals surface area contributed by atoms with E-state index in [1.54, 1.807) is 12.1 Å². The van der Waals surface area contributed by atoms with E-state index in [1.807, 2.05) is 24.4 Å². The zero-order chi connectivity index (χ0) is 17.4. The van der Waals surface area contributed by atoms with Crippen LogP contribution in [0.1, 0.15) is 17.0 Å². The highest BCUT2D eigenvalue weighted by Crippen LogP contribution is 2.32. The van der Waals surface area contributed by atoms with E-state index in [-0.39, 0.29) is 0 Å². The number of aromatic nitrogens is 2. The van der Waals surface area contributed by atoms with Gasteiger partial charge in [-0.05, 0) is 30.3 Å². The van der Waals surface area contributed by atoms with Crippen LogP contribution in [0.25, 0.3) is 11.3 Å². The Morgan fingerprint density at radius 3 is 2.96 bits per heavy atom. The molecule has 1 aromatic carbocycles. The van der Waals surface area contributed by atoms with Gasteiger partial charge >= 0.3 is 0 Å². The molecule has 0 amide bonds. The molecule has 3 aromatic rings. The van der Waals surface area contributed by atoms with Gasteiger partial charge in [0.25, 0.3) is 0 Å². The Morgan fingerprint density at radius 1 is 1.20 bits per heavy atom. The summed E-state index contributed by atoms with van der Waals surface area (Å²) in [5.41, 5.74) is 8.60. The predicted molar refractivity (Wildman–Crippen MR) is 98.4 cm³/mol. The van der Waals surface area contributed by atoms with Crippen LogP contribution in [0.15, 0.2) is 40.9 Å². The number of nitrogens with two attached hydrogens (primary N) is 1. The fourth-order valence-corrected chi connectivity index (χ4v) is 3.42. The van der Waals surface area contributed by atoms with Crippen molar-refractivity contribution in [2.24, 2.45) is 0 Å². The number of nitrogens with zero attached hydrogens (tertiary/aromatic N) is 3. The summed E-state index contributed by atoms with van der Waals surface area (Å²) < 4.78 is 5.98. The predicted octanol–water partition coefficient (Wildman–Crippen LogP) is 4.18. The molecule has 7 heteroatoms. The number of furan rings is 1. The van der Waals surface area contributed by atoms with Crippen molar-refractivity contribution in [3.63, 3.8) is 0 Å². The second kappa shape index (κ2) is 6.67. The molecule has 128 valence electrons. The van der Waals surface area contributed by atoms with Gasteiger partial charge in [-0.25, -0.2) is 9.97 Å². The fourth-order valence-electron chi connectivity index (χ4n) is 3.04. The molecular formula is C18H16Cl2N4O. The molecule has 0 fully saturated rings. The highest BCUT2D eigenvalue weighted by Gasteiger charge is 2.19. The van der Waals surface area contributed by atoms with Crippen molar-refractivity contribution < 1.29 is 4.42 Å². The van der Waals surface area contributed by atoms with E-state index in [0.29, 0.717) is 22.5 Å². The van der Waals surface area contributed by atoms with Gasteiger partial charge in [0.15, 0.2) is 0 Å². The second-order valence-electron chi connectivity index (χ2n) is 6.05. The maximum absolute atomic E-state index is 6.25. The number of hydrogen-bond donors (Lipinski definition) is 1. The monoisotopic (exact) mass is 374 g/mol. The highest BCUT2D eigenvalue weighted by molar-refractivity contribution is 6.35. The Kier molecular flexibility index (Phi) is 4.37. The Bertz CT molecular complexity index is 925. The molecule has 0 spiro atoms. The van der Waals surface area contributed by atoms with Crippen LogP contribution in [-0.4, -0.2) is 21.4 Å². The Balaban J connectivity index is 1.50. The first-order valence-corrected chi connectivity index (χ1v) is 8.71. The standard InChI is InChI=1S/C18H16Cl2N4O/c19-12-1-3-15(20)14(7-12)17-4-2-13(25-17)10-24-6-5-16-11(9-24)8-22-18(21)23-16/h1-4,7-8H,5-6,9-10H2,(H2,21,22,23). The Labute approximate surface area is 155 Å². The molecule has 0 bridgehead atoms. The first kappa shape index (κ1) is 16.4. The van der Waals surface area contributed by atoms with Gasteiger partial charge < -0.3 is 10.2 Å². The number of anilines is 1. The van der Waals surface area contributed by atoms with E-state index in [4.69, 9.17) is 33.4 Å². The molecule has 3 heterocycles. The van der Waals surface area contributed by atoms with Crippen LogP contribution >= 0.6 is 23.2 Å². The van der Waals surface area contributed by atoms with Gasteiger partial charge in [-0.2, -0.15) is 0 Å². The summed E-state index contributed by atoms with van der Waals surface area (Å²) in [6.07, 6.45) is 2.67. The summed E-state index contributed by atoms with van der Waals surface area (Å²) in [5.74, 6) is 1.93. The lowest BCUT2D eigenvalue weighted by molar-refractivity contribution is 0.224. The zero-order valence-corrected chi connectivity index (χ0v) is 14.9. The van der Waals surface area contributed by atoms with Crippen molar-refractivity contribution in [2.75, 3.05) is 12.3 Å². The molecule has 2 aromatic heterocycles. The number of benzene rings is 1. The van der Waals surface area contributed by atoms with E-state index in [1.165, 1.54) is 0 Å². The van der Waals surface area contributed by atoms with Crippen LogP contribution in [0.2, 0.25) is 10.0 Å². The molecule has 0 unspecified atom stereocenters. The van der Waals surface area contributed by atoms with Gasteiger partial charge in [-0.3, -0.25) is 4.90 Å². The number of halogens is 2. The third kappa shape index (κ3) is 3.49. The zero-order valence-electron chi connectivity index (χ0n) is 13.4. The summed E-state index contributed by atoms with van der Waals surface area (Å²) in [7, 11) is 0. The van der Waals surface area contributed by atoms with Crippen molar-refractivity contribution in [2.45, 2.75) is 19.5 Å². The van der Waals surface area contributed by atoms with Crippen molar-refractivity contribution in [1.82, 2.24) is 14.9 Å². The normalized spacial score (nSPS) is 14.5. The molecule has 1 aliphatic heterocycles. The summed E-state index contributed by atoms with van der Waals surface area (Å²) in [6, 6.07) is 9.24. The third-order valence-corrected chi connectivity index (χ3v) is 4.83. The van der Waals surface area contributed by atoms with Crippen LogP contribution in [-0.2, 0) is 19.5 Å². The molecule has 2 N–H and O–H groups in total. The van der Waals surface area contributed by atoms with Gasteiger partial charge in [0.2, 0.25) is 5.95 Å². The van der Waals surface area contributed by atoms with Crippen LogP contribution in [0, 0.1) is 0 Å². The number of rotatable bonds is 3. The molecule has 0 saturated heterocycles. The average Bonchev–Trinajstić information content (AvgIpc) is 3.05. The molecule has 1 aliphatic rings. The minimum atomic E-state index is 0.335. The van der Waals surface area contributed by atoms with E-state index < -0.39 is 0 Å². The van der Waals surface area contributed by atoms with Crippen LogP contribution in [0.5, 0.6) is 0 Å². The van der Waals surface area contributed by atoms with Crippen molar-refractivity contribution in [3.8, 4) is 11.3 Å². The van der Waals surface area contributed by atoms with E-state index in [9.17, 15) is 0 Å². The minimum absolute atomic E-state index is 0.335. The first-order chi connectivity index (χ1) is 12.1. The summed E-state index contributed by atoms with van der Waals surface area (Å²) in [6.45, 7) is 2.39. The first-order valence-electron chi connectivity index (χ1n) is 7.95. The molecule has 4 rings (SSSR count). The minimum Gasteiger partial charge on any atom is -0.460 e. The molecule has 0 aliphatic carbocycles. The van der Waals surface area contributed by atoms with Crippen LogP contribution in [0.3, 0.4) is 0 Å². The summed E-state index contributed by atoms with van der Waals surface area (Å²) in [5, 5.41) is 1.25. The third-order valence-electron chi connectivity index (χ3n) is 4.27. The molecule has 25 heavy (non-hydrogen) atoms. The average molecular weight is 375 g/mol. The van der Waals surface area contributed by atoms with Gasteiger partial charge in [0.05, 0.1) is 17.3 Å². The molecular weight excluding hydrogens is 359 g/mol. The quantitative estimate of drug-likeness (QED) is 0.744. The van der Waals surface area contributed by atoms with E-state index >= 15 is 0 Å². The maximum atomic E-state index is 6.25. The van der Waals surface area contributed by atoms with Gasteiger partial charge in [-0.1, -0.05) is 23.2 Å². The highest BCUT2D eigenvalue weighted by atomic mass is 35.5. The van der Waals surface area contributed by atoms with Crippen molar-refractivity contribution in [3.05, 3.63) is 63.6 Å². The van der Waals surface area contributed by atoms with Crippen molar-refractivity contribution >= 4 is 29.2 Å². The summed E-state index contributed by atoms with van der Waals surface area (Å²) in [4.78, 5) is 10.7. The van der Waals surface area contributed by atoms with Crippen LogP contribution < -0.4 is 5.73 Å². The Morgan fingerprint density at radius 2 is 2.08 bits per heavy atom. The van der Waals surface area contributed by atoms with Gasteiger partial charge in [0, 0.05) is 41.9 Å². The molecule has 0 atom stereocenters. The van der Waals surface area contributed by atoms with Gasteiger partial charge in [-0.15, -0.1) is 0 Å². The lowest BCUT2D eigenvalue weighted by Crippen LogP contribution is -2.30. The largest absolute Gasteiger partial charge is 0.460 e. The lowest BCUT2D eigenvalue weighted by atomic mass is 10.1. The fraction of sp³-hybridized carbons (Fsp3) is 0.222. The molecule has 5 nitrogen and oxygen atoms in total. The van der Waals surface area contributed by atoms with E-state index in [2.05, 4.69) is 14.9 Å². The van der Waals surface area contributed by atoms with Gasteiger partial charge in [0.1, 0.15) is 11.5 Å². The number of hydrogen-bond acceptors (Lipinski definition) is 5. The molecule has 0 radical (unpaired) electrons. The SMILES string of the molecule is Nc1ncc2c(n1)CCN(Cc1ccc(-c3cc(Cl)ccc3Cl)o1)C2. The number of fused-ring (bicyclic) bond motifs is 1. The van der Waals surface area contributed by atoms with Crippen molar-refractivity contribution in [1.29, 1.82) is 0 Å². The summed E-state index contributed by atoms with van der Waals surface area (Å²) >= 11 is 12.3. The van der Waals surface area contributed by atoms with Crippen LogP contribution in [0.4, 0.5) is 5.95 Å². The molecule has 0 saturated carbocycles. The number of nitrogen functional groups attached to an aromatic ring is 1. The Hall–Kier alpha value is -2.08. The smallest absolute Gasteiger partial charge is 0.220 e. The topological polar surface area (TPSA) is 68.2 Å².